The van der Waals surface area contributed by atoms with E-state index in [1.807, 2.05) is 34.6 Å². The van der Waals surface area contributed by atoms with Crippen molar-refractivity contribution >= 4 is 11.7 Å². The number of nitrogens with zero attached hydrogens (tertiary/aromatic N) is 2. The van der Waals surface area contributed by atoms with Crippen LogP contribution in [-0.2, 0) is 23.7 Å². The molecule has 0 aromatic heterocycles. The van der Waals surface area contributed by atoms with Crippen molar-refractivity contribution in [3.63, 3.8) is 0 Å². The SMILES string of the molecule is CC[C@H](CC(=O)OC(C)(C)C)[C@@H]1OC(C)(C)OC/C1=N\N1CCC[C@H]1COC. The number of carbonyl (C=O) groups excluding carboxylic acids is 1. The van der Waals surface area contributed by atoms with Gasteiger partial charge in [0.15, 0.2) is 5.79 Å². The van der Waals surface area contributed by atoms with Crippen molar-refractivity contribution in [2.45, 2.75) is 90.8 Å². The highest BCUT2D eigenvalue weighted by Crippen LogP contribution is 2.30. The van der Waals surface area contributed by atoms with Gasteiger partial charge in [0.05, 0.1) is 31.4 Å². The lowest BCUT2D eigenvalue weighted by atomic mass is 9.91. The third-order valence-corrected chi connectivity index (χ3v) is 5.07. The van der Waals surface area contributed by atoms with Crippen LogP contribution in [0.5, 0.6) is 0 Å². The lowest BCUT2D eigenvalue weighted by Crippen LogP contribution is -2.50. The standard InChI is InChI=1S/C21H38N2O5/c1-8-15(12-18(24)27-20(2,3)4)19-17(14-26-21(5,6)28-19)22-23-11-9-10-16(23)13-25-7/h15-16,19H,8-14H2,1-7H3/b22-17+/t15-,16+,19+/m1/s1. The van der Waals surface area contributed by atoms with Gasteiger partial charge in [0.2, 0.25) is 0 Å². The van der Waals surface area contributed by atoms with E-state index in [-0.39, 0.29) is 24.0 Å². The minimum atomic E-state index is -0.706. The number of hydrazone groups is 1. The number of esters is 1. The quantitative estimate of drug-likeness (QED) is 0.613. The van der Waals surface area contributed by atoms with Gasteiger partial charge in [-0.05, 0) is 53.9 Å². The van der Waals surface area contributed by atoms with E-state index >= 15 is 0 Å². The monoisotopic (exact) mass is 398 g/mol. The third kappa shape index (κ3) is 6.71. The number of methoxy groups -OCH3 is 1. The summed E-state index contributed by atoms with van der Waals surface area (Å²) in [5, 5.41) is 6.99. The Labute approximate surface area is 169 Å². The molecule has 2 saturated heterocycles. The van der Waals surface area contributed by atoms with E-state index in [0.29, 0.717) is 19.6 Å². The number of carbonyl (C=O) groups is 1. The Morgan fingerprint density at radius 1 is 1.39 bits per heavy atom. The Balaban J connectivity index is 2.18. The molecule has 0 spiro atoms. The Bertz CT molecular complexity index is 555. The first kappa shape index (κ1) is 23.1. The molecule has 2 rings (SSSR count). The van der Waals surface area contributed by atoms with Gasteiger partial charge in [-0.2, -0.15) is 5.10 Å². The molecular weight excluding hydrogens is 360 g/mol. The molecule has 2 fully saturated rings. The summed E-state index contributed by atoms with van der Waals surface area (Å²) in [6, 6.07) is 0.277. The predicted molar refractivity (Wildman–Crippen MR) is 108 cm³/mol. The maximum absolute atomic E-state index is 12.4. The molecule has 7 nitrogen and oxygen atoms in total. The van der Waals surface area contributed by atoms with Gasteiger partial charge in [-0.1, -0.05) is 6.92 Å². The number of hydrogen-bond donors (Lipinski definition) is 0. The summed E-state index contributed by atoms with van der Waals surface area (Å²) in [5.41, 5.74) is 0.350. The number of rotatable bonds is 7. The summed E-state index contributed by atoms with van der Waals surface area (Å²) < 4.78 is 23.0. The molecule has 0 amide bonds. The van der Waals surface area contributed by atoms with Crippen molar-refractivity contribution in [1.82, 2.24) is 5.01 Å². The fraction of sp³-hybridized carbons (Fsp3) is 0.905. The Hall–Kier alpha value is -1.18. The van der Waals surface area contributed by atoms with Crippen LogP contribution >= 0.6 is 0 Å². The third-order valence-electron chi connectivity index (χ3n) is 5.07. The van der Waals surface area contributed by atoms with Crippen molar-refractivity contribution < 1.29 is 23.7 Å². The summed E-state index contributed by atoms with van der Waals surface area (Å²) in [6.45, 7) is 13.5. The van der Waals surface area contributed by atoms with Gasteiger partial charge in [-0.3, -0.25) is 9.80 Å². The maximum Gasteiger partial charge on any atom is 0.306 e. The first-order chi connectivity index (χ1) is 13.0. The highest BCUT2D eigenvalue weighted by atomic mass is 16.7. The van der Waals surface area contributed by atoms with E-state index in [1.165, 1.54) is 0 Å². The molecule has 0 unspecified atom stereocenters. The second kappa shape index (κ2) is 9.55. The molecule has 2 aliphatic rings. The molecule has 3 atom stereocenters. The van der Waals surface area contributed by atoms with Gasteiger partial charge in [-0.25, -0.2) is 0 Å². The molecule has 0 saturated carbocycles. The van der Waals surface area contributed by atoms with Crippen molar-refractivity contribution in [3.8, 4) is 0 Å². The first-order valence-electron chi connectivity index (χ1n) is 10.4. The topological polar surface area (TPSA) is 69.6 Å². The van der Waals surface area contributed by atoms with Gasteiger partial charge in [0.1, 0.15) is 11.7 Å². The van der Waals surface area contributed by atoms with Crippen LogP contribution in [0.15, 0.2) is 5.10 Å². The molecule has 28 heavy (non-hydrogen) atoms. The molecule has 162 valence electrons. The number of hydrogen-bond acceptors (Lipinski definition) is 7. The molecule has 0 aromatic carbocycles. The lowest BCUT2D eigenvalue weighted by Gasteiger charge is -2.40. The Morgan fingerprint density at radius 2 is 2.11 bits per heavy atom. The summed E-state index contributed by atoms with van der Waals surface area (Å²) in [4.78, 5) is 12.4. The van der Waals surface area contributed by atoms with Gasteiger partial charge >= 0.3 is 5.97 Å². The van der Waals surface area contributed by atoms with Crippen molar-refractivity contribution in [2.24, 2.45) is 11.0 Å². The second-order valence-corrected chi connectivity index (χ2v) is 9.19. The smallest absolute Gasteiger partial charge is 0.306 e. The molecule has 0 bridgehead atoms. The van der Waals surface area contributed by atoms with Crippen molar-refractivity contribution in [1.29, 1.82) is 0 Å². The lowest BCUT2D eigenvalue weighted by molar-refractivity contribution is -0.244. The first-order valence-corrected chi connectivity index (χ1v) is 10.4. The van der Waals surface area contributed by atoms with Crippen LogP contribution in [0.4, 0.5) is 0 Å². The molecule has 0 radical (unpaired) electrons. The molecular formula is C21H38N2O5. The van der Waals surface area contributed by atoms with E-state index in [0.717, 1.165) is 31.5 Å². The van der Waals surface area contributed by atoms with Crippen LogP contribution in [0.25, 0.3) is 0 Å². The summed E-state index contributed by atoms with van der Waals surface area (Å²) in [5.74, 6) is -0.924. The van der Waals surface area contributed by atoms with Crippen LogP contribution < -0.4 is 0 Å². The van der Waals surface area contributed by atoms with E-state index in [9.17, 15) is 4.79 Å². The normalized spacial score (nSPS) is 27.8. The van der Waals surface area contributed by atoms with Gasteiger partial charge in [0, 0.05) is 19.6 Å². The van der Waals surface area contributed by atoms with Gasteiger partial charge in [-0.15, -0.1) is 0 Å². The van der Waals surface area contributed by atoms with E-state index < -0.39 is 11.4 Å². The fourth-order valence-electron chi connectivity index (χ4n) is 3.73. The molecule has 2 aliphatic heterocycles. The average Bonchev–Trinajstić information content (AvgIpc) is 3.00. The Morgan fingerprint density at radius 3 is 2.71 bits per heavy atom. The fourth-order valence-corrected chi connectivity index (χ4v) is 3.73. The number of ether oxygens (including phenoxy) is 4. The van der Waals surface area contributed by atoms with Crippen molar-refractivity contribution in [3.05, 3.63) is 0 Å². The molecule has 2 heterocycles. The Kier molecular flexibility index (Phi) is 7.88. The van der Waals surface area contributed by atoms with Crippen LogP contribution in [0, 0.1) is 5.92 Å². The second-order valence-electron chi connectivity index (χ2n) is 9.19. The summed E-state index contributed by atoms with van der Waals surface area (Å²) in [6.07, 6.45) is 2.98. The largest absolute Gasteiger partial charge is 0.460 e. The zero-order valence-corrected chi connectivity index (χ0v) is 18.6. The molecule has 0 aromatic rings. The van der Waals surface area contributed by atoms with E-state index in [4.69, 9.17) is 24.0 Å². The molecule has 7 heteroatoms. The summed E-state index contributed by atoms with van der Waals surface area (Å²) >= 11 is 0. The van der Waals surface area contributed by atoms with Crippen LogP contribution in [-0.4, -0.2) is 67.1 Å². The van der Waals surface area contributed by atoms with Gasteiger partial charge in [0.25, 0.3) is 0 Å². The highest BCUT2D eigenvalue weighted by Gasteiger charge is 2.40. The van der Waals surface area contributed by atoms with Crippen LogP contribution in [0.1, 0.15) is 67.2 Å². The predicted octanol–water partition coefficient (Wildman–Crippen LogP) is 3.36. The van der Waals surface area contributed by atoms with E-state index in [1.54, 1.807) is 7.11 Å². The minimum absolute atomic E-state index is 0.0137. The molecule has 0 N–H and O–H groups in total. The van der Waals surface area contributed by atoms with Crippen LogP contribution in [0.3, 0.4) is 0 Å². The average molecular weight is 399 g/mol. The maximum atomic E-state index is 12.4. The van der Waals surface area contributed by atoms with E-state index in [2.05, 4.69) is 11.9 Å². The zero-order valence-electron chi connectivity index (χ0n) is 18.6. The zero-order chi connectivity index (χ0) is 20.9. The highest BCUT2D eigenvalue weighted by molar-refractivity contribution is 5.91. The molecule has 0 aliphatic carbocycles. The van der Waals surface area contributed by atoms with Crippen molar-refractivity contribution in [2.75, 3.05) is 26.9 Å². The minimum Gasteiger partial charge on any atom is -0.460 e. The summed E-state index contributed by atoms with van der Waals surface area (Å²) in [7, 11) is 1.72. The van der Waals surface area contributed by atoms with Crippen LogP contribution in [0.2, 0.25) is 0 Å². The van der Waals surface area contributed by atoms with Gasteiger partial charge < -0.3 is 18.9 Å².